The molecule has 27 heavy (non-hydrogen) atoms. The number of phenols is 1. The Labute approximate surface area is 163 Å². The van der Waals surface area contributed by atoms with Crippen LogP contribution in [0.4, 0.5) is 0 Å². The van der Waals surface area contributed by atoms with Crippen LogP contribution in [0.15, 0.2) is 22.3 Å². The van der Waals surface area contributed by atoms with Crippen LogP contribution in [0.1, 0.15) is 55.2 Å². The zero-order valence-corrected chi connectivity index (χ0v) is 16.4. The van der Waals surface area contributed by atoms with Gasteiger partial charge in [0.2, 0.25) is 5.91 Å². The predicted octanol–water partition coefficient (Wildman–Crippen LogP) is 3.72. The number of nitrogens with zero attached hydrogens (tertiary/aromatic N) is 2. The van der Waals surface area contributed by atoms with Crippen molar-refractivity contribution in [3.05, 3.63) is 28.8 Å². The van der Waals surface area contributed by atoms with E-state index in [0.717, 1.165) is 34.4 Å². The summed E-state index contributed by atoms with van der Waals surface area (Å²) in [6.07, 6.45) is 9.44. The number of amidine groups is 1. The Kier molecular flexibility index (Phi) is 4.08. The van der Waals surface area contributed by atoms with Crippen molar-refractivity contribution in [1.82, 2.24) is 5.32 Å². The third-order valence-electron chi connectivity index (χ3n) is 6.83. The molecule has 2 N–H and O–H groups in total. The number of rotatable bonds is 3. The Bertz CT molecular complexity index is 826. The first-order valence-corrected chi connectivity index (χ1v) is 10.9. The molecule has 6 rings (SSSR count). The maximum absolute atomic E-state index is 11.2. The van der Waals surface area contributed by atoms with E-state index in [0.29, 0.717) is 16.7 Å². The van der Waals surface area contributed by atoms with Crippen LogP contribution < -0.4 is 5.32 Å². The molecule has 0 unspecified atom stereocenters. The number of aryl methyl sites for hydroxylation is 1. The second kappa shape index (κ2) is 6.36. The van der Waals surface area contributed by atoms with Gasteiger partial charge in [0.05, 0.1) is 12.0 Å². The molecule has 0 aromatic heterocycles. The van der Waals surface area contributed by atoms with Gasteiger partial charge < -0.3 is 10.4 Å². The van der Waals surface area contributed by atoms with Crippen LogP contribution >= 0.6 is 11.8 Å². The first-order chi connectivity index (χ1) is 13.0. The minimum Gasteiger partial charge on any atom is -0.507 e. The number of phenolic OH excluding ortho intramolecular Hbond substituents is 1. The summed E-state index contributed by atoms with van der Waals surface area (Å²) >= 11 is 1.35. The number of amides is 1. The molecule has 1 aromatic rings. The zero-order valence-electron chi connectivity index (χ0n) is 15.6. The van der Waals surface area contributed by atoms with E-state index >= 15 is 0 Å². The lowest BCUT2D eigenvalue weighted by atomic mass is 9.48. The number of benzene rings is 1. The van der Waals surface area contributed by atoms with E-state index in [2.05, 4.69) is 28.5 Å². The van der Waals surface area contributed by atoms with Crippen molar-refractivity contribution in [3.63, 3.8) is 0 Å². The standard InChI is InChI=1S/C21H25N3O2S/c1-12-2-16(10-22-24-20-23-18(25)11-27-20)19(26)17(3-12)21-7-13-4-14(8-21)6-15(5-13)9-21/h2-3,10,13-15,26H,4-9,11H2,1H3,(H,23,24,25). The summed E-state index contributed by atoms with van der Waals surface area (Å²) in [5, 5.41) is 22.5. The molecule has 6 heteroatoms. The van der Waals surface area contributed by atoms with E-state index in [4.69, 9.17) is 0 Å². The fraction of sp³-hybridized carbons (Fsp3) is 0.571. The Morgan fingerprint density at radius 3 is 2.44 bits per heavy atom. The minimum absolute atomic E-state index is 0.0449. The van der Waals surface area contributed by atoms with Crippen LogP contribution in [-0.4, -0.2) is 28.1 Å². The van der Waals surface area contributed by atoms with Crippen molar-refractivity contribution in [3.8, 4) is 5.75 Å². The number of nitrogens with one attached hydrogen (secondary N) is 1. The van der Waals surface area contributed by atoms with Crippen molar-refractivity contribution < 1.29 is 9.90 Å². The number of thioether (sulfide) groups is 1. The summed E-state index contributed by atoms with van der Waals surface area (Å²) < 4.78 is 0. The second-order valence-electron chi connectivity index (χ2n) is 8.93. The van der Waals surface area contributed by atoms with Crippen molar-refractivity contribution in [2.75, 3.05) is 5.75 Å². The van der Waals surface area contributed by atoms with Crippen LogP contribution in [0.25, 0.3) is 0 Å². The number of aromatic hydroxyl groups is 1. The molecule has 5 aliphatic rings. The van der Waals surface area contributed by atoms with Gasteiger partial charge in [-0.2, -0.15) is 5.10 Å². The fourth-order valence-electron chi connectivity index (χ4n) is 6.27. The van der Waals surface area contributed by atoms with Crippen molar-refractivity contribution in [1.29, 1.82) is 0 Å². The quantitative estimate of drug-likeness (QED) is 0.617. The largest absolute Gasteiger partial charge is 0.507 e. The van der Waals surface area contributed by atoms with Gasteiger partial charge in [0.15, 0.2) is 5.17 Å². The number of hydrogen-bond acceptors (Lipinski definition) is 5. The first-order valence-electron chi connectivity index (χ1n) is 9.88. The molecule has 1 amide bonds. The number of carbonyl (C=O) groups is 1. The molecule has 1 heterocycles. The second-order valence-corrected chi connectivity index (χ2v) is 9.90. The van der Waals surface area contributed by atoms with Crippen molar-refractivity contribution >= 4 is 29.1 Å². The molecular formula is C21H25N3O2S. The zero-order chi connectivity index (χ0) is 18.6. The molecule has 1 saturated heterocycles. The van der Waals surface area contributed by atoms with E-state index < -0.39 is 0 Å². The summed E-state index contributed by atoms with van der Waals surface area (Å²) in [5.74, 6) is 3.22. The highest BCUT2D eigenvalue weighted by atomic mass is 32.2. The summed E-state index contributed by atoms with van der Waals surface area (Å²) in [6, 6.07) is 4.15. The average Bonchev–Trinajstić information content (AvgIpc) is 3.01. The van der Waals surface area contributed by atoms with E-state index in [9.17, 15) is 9.90 Å². The Hall–Kier alpha value is -1.82. The monoisotopic (exact) mass is 383 g/mol. The molecular weight excluding hydrogens is 358 g/mol. The molecule has 5 nitrogen and oxygen atoms in total. The van der Waals surface area contributed by atoms with Gasteiger partial charge in [-0.1, -0.05) is 17.8 Å². The maximum Gasteiger partial charge on any atom is 0.236 e. The highest BCUT2D eigenvalue weighted by Gasteiger charge is 2.52. The summed E-state index contributed by atoms with van der Waals surface area (Å²) in [4.78, 5) is 11.2. The minimum atomic E-state index is -0.0449. The Morgan fingerprint density at radius 2 is 1.85 bits per heavy atom. The lowest BCUT2D eigenvalue weighted by Gasteiger charge is -2.57. The summed E-state index contributed by atoms with van der Waals surface area (Å²) in [7, 11) is 0. The molecule has 142 valence electrons. The third kappa shape index (κ3) is 3.08. The molecule has 0 spiro atoms. The highest BCUT2D eigenvalue weighted by molar-refractivity contribution is 8.15. The van der Waals surface area contributed by atoms with Gasteiger partial charge in [0, 0.05) is 11.1 Å². The molecule has 5 fully saturated rings. The lowest BCUT2D eigenvalue weighted by molar-refractivity contribution is -0.116. The van der Waals surface area contributed by atoms with Gasteiger partial charge in [-0.3, -0.25) is 4.79 Å². The van der Waals surface area contributed by atoms with Gasteiger partial charge in [-0.25, -0.2) is 0 Å². The molecule has 1 aliphatic heterocycles. The molecule has 1 aromatic carbocycles. The average molecular weight is 384 g/mol. The van der Waals surface area contributed by atoms with E-state index in [1.807, 2.05) is 6.07 Å². The van der Waals surface area contributed by atoms with Gasteiger partial charge in [0.25, 0.3) is 0 Å². The Balaban J connectivity index is 1.47. The van der Waals surface area contributed by atoms with Crippen LogP contribution in [-0.2, 0) is 10.2 Å². The fourth-order valence-corrected chi connectivity index (χ4v) is 6.90. The normalized spacial score (nSPS) is 36.1. The van der Waals surface area contributed by atoms with Crippen LogP contribution in [0.2, 0.25) is 0 Å². The molecule has 0 radical (unpaired) electrons. The van der Waals surface area contributed by atoms with E-state index in [1.54, 1.807) is 6.21 Å². The first kappa shape index (κ1) is 17.3. The SMILES string of the molecule is Cc1cc(C=NN=C2NC(=O)CS2)c(O)c(C23CC4CC(CC(C4)C2)C3)c1. The van der Waals surface area contributed by atoms with Gasteiger partial charge in [-0.15, -0.1) is 5.10 Å². The van der Waals surface area contributed by atoms with Crippen LogP contribution in [0.3, 0.4) is 0 Å². The maximum atomic E-state index is 11.2. The van der Waals surface area contributed by atoms with Gasteiger partial charge in [-0.05, 0) is 80.2 Å². The number of carbonyl (C=O) groups excluding carboxylic acids is 1. The number of hydrogen-bond donors (Lipinski definition) is 2. The Morgan fingerprint density at radius 1 is 1.19 bits per heavy atom. The topological polar surface area (TPSA) is 74.0 Å². The van der Waals surface area contributed by atoms with Crippen LogP contribution in [0, 0.1) is 24.7 Å². The lowest BCUT2D eigenvalue weighted by Crippen LogP contribution is -2.48. The molecule has 0 atom stereocenters. The summed E-state index contributed by atoms with van der Waals surface area (Å²) in [6.45, 7) is 2.08. The smallest absolute Gasteiger partial charge is 0.236 e. The molecule has 4 aliphatic carbocycles. The summed E-state index contributed by atoms with van der Waals surface area (Å²) in [5.41, 5.74) is 3.14. The van der Waals surface area contributed by atoms with Gasteiger partial charge in [0.1, 0.15) is 5.75 Å². The highest BCUT2D eigenvalue weighted by Crippen LogP contribution is 2.62. The van der Waals surface area contributed by atoms with Crippen molar-refractivity contribution in [2.24, 2.45) is 28.0 Å². The van der Waals surface area contributed by atoms with E-state index in [-0.39, 0.29) is 11.3 Å². The predicted molar refractivity (Wildman–Crippen MR) is 108 cm³/mol. The molecule has 4 bridgehead atoms. The van der Waals surface area contributed by atoms with Crippen LogP contribution in [0.5, 0.6) is 5.75 Å². The van der Waals surface area contributed by atoms with Gasteiger partial charge >= 0.3 is 0 Å². The van der Waals surface area contributed by atoms with E-state index in [1.165, 1.54) is 50.3 Å². The third-order valence-corrected chi connectivity index (χ3v) is 7.69. The van der Waals surface area contributed by atoms with Crippen molar-refractivity contribution in [2.45, 2.75) is 50.9 Å². The molecule has 4 saturated carbocycles.